The summed E-state index contributed by atoms with van der Waals surface area (Å²) in [5.74, 6) is 0.450. The molecular weight excluding hydrogens is 188 g/mol. The van der Waals surface area contributed by atoms with Crippen molar-refractivity contribution in [3.05, 3.63) is 0 Å². The van der Waals surface area contributed by atoms with E-state index >= 15 is 0 Å². The van der Waals surface area contributed by atoms with Crippen LogP contribution in [0.3, 0.4) is 0 Å². The third-order valence-corrected chi connectivity index (χ3v) is 3.51. The van der Waals surface area contributed by atoms with Gasteiger partial charge in [0.1, 0.15) is 0 Å². The molecule has 1 unspecified atom stereocenters. The number of likely N-dealkylation sites (N-methyl/N-ethyl adjacent to an activating group) is 1. The molecule has 0 radical (unpaired) electrons. The normalized spacial score (nSPS) is 14.8. The Hall–Kier alpha value is -0.130. The van der Waals surface area contributed by atoms with Gasteiger partial charge < -0.3 is 10.6 Å². The summed E-state index contributed by atoms with van der Waals surface area (Å²) < 4.78 is 22.3. The predicted octanol–water partition coefficient (Wildman–Crippen LogP) is -0.300. The first-order valence-corrected chi connectivity index (χ1v) is 6.34. The number of nitrogens with zero attached hydrogens (tertiary/aromatic N) is 1. The Balaban J connectivity index is 3.77. The third kappa shape index (κ3) is 6.98. The third-order valence-electron chi connectivity index (χ3n) is 1.82. The van der Waals surface area contributed by atoms with Crippen molar-refractivity contribution < 1.29 is 8.42 Å². The van der Waals surface area contributed by atoms with Crippen LogP contribution in [0, 0.1) is 0 Å². The lowest BCUT2D eigenvalue weighted by atomic mass is 10.3. The molecule has 0 saturated heterocycles. The fraction of sp³-hybridized carbons (Fsp3) is 1.00. The second kappa shape index (κ2) is 5.57. The Bertz CT molecular complexity index is 224. The summed E-state index contributed by atoms with van der Waals surface area (Å²) in [5.41, 5.74) is 5.57. The van der Waals surface area contributed by atoms with Gasteiger partial charge in [0.2, 0.25) is 0 Å². The second-order valence-corrected chi connectivity index (χ2v) is 5.95. The molecule has 0 fully saturated rings. The molecule has 5 heteroatoms. The molecule has 0 aliphatic carbocycles. The fourth-order valence-corrected chi connectivity index (χ4v) is 1.90. The van der Waals surface area contributed by atoms with E-state index in [0.29, 0.717) is 6.54 Å². The average molecular weight is 208 g/mol. The zero-order valence-electron chi connectivity index (χ0n) is 8.66. The van der Waals surface area contributed by atoms with Gasteiger partial charge in [0.15, 0.2) is 9.84 Å². The highest BCUT2D eigenvalue weighted by Crippen LogP contribution is 1.92. The van der Waals surface area contributed by atoms with Gasteiger partial charge in [0.05, 0.1) is 5.75 Å². The highest BCUT2D eigenvalue weighted by Gasteiger charge is 2.09. The van der Waals surface area contributed by atoms with Gasteiger partial charge in [-0.15, -0.1) is 0 Å². The second-order valence-electron chi connectivity index (χ2n) is 3.48. The molecule has 0 rings (SSSR count). The van der Waals surface area contributed by atoms with E-state index in [1.54, 1.807) is 6.92 Å². The van der Waals surface area contributed by atoms with Gasteiger partial charge in [0.25, 0.3) is 0 Å². The van der Waals surface area contributed by atoms with Crippen LogP contribution in [0.1, 0.15) is 13.8 Å². The Morgan fingerprint density at radius 1 is 1.46 bits per heavy atom. The molecule has 0 aromatic rings. The predicted molar refractivity (Wildman–Crippen MR) is 55.5 cm³/mol. The van der Waals surface area contributed by atoms with E-state index < -0.39 is 9.84 Å². The lowest BCUT2D eigenvalue weighted by Crippen LogP contribution is -2.35. The Kier molecular flexibility index (Phi) is 5.51. The smallest absolute Gasteiger partial charge is 0.151 e. The molecule has 0 heterocycles. The van der Waals surface area contributed by atoms with E-state index in [1.165, 1.54) is 0 Å². The molecule has 0 aromatic carbocycles. The number of sulfone groups is 1. The van der Waals surface area contributed by atoms with Crippen LogP contribution in [0.25, 0.3) is 0 Å². The van der Waals surface area contributed by atoms with Crippen LogP contribution < -0.4 is 5.73 Å². The number of hydrogen-bond donors (Lipinski definition) is 1. The van der Waals surface area contributed by atoms with Crippen LogP contribution >= 0.6 is 0 Å². The van der Waals surface area contributed by atoms with Crippen molar-refractivity contribution in [3.63, 3.8) is 0 Å². The fourth-order valence-electron chi connectivity index (χ4n) is 1.02. The van der Waals surface area contributed by atoms with Crippen LogP contribution in [0.15, 0.2) is 0 Å². The van der Waals surface area contributed by atoms with Crippen molar-refractivity contribution in [2.24, 2.45) is 5.73 Å². The van der Waals surface area contributed by atoms with Crippen molar-refractivity contribution in [3.8, 4) is 0 Å². The summed E-state index contributed by atoms with van der Waals surface area (Å²) in [7, 11) is -0.949. The van der Waals surface area contributed by atoms with Gasteiger partial charge in [-0.2, -0.15) is 0 Å². The Morgan fingerprint density at radius 2 is 2.00 bits per heavy atom. The van der Waals surface area contributed by atoms with E-state index in [-0.39, 0.29) is 17.5 Å². The standard InChI is InChI=1S/C8H20N2O2S/c1-4-13(11,12)6-5-10(3)7-8(2)9/h8H,4-7,9H2,1-3H3. The summed E-state index contributed by atoms with van der Waals surface area (Å²) in [5, 5.41) is 0. The van der Waals surface area contributed by atoms with Gasteiger partial charge in [-0.05, 0) is 14.0 Å². The summed E-state index contributed by atoms with van der Waals surface area (Å²) >= 11 is 0. The van der Waals surface area contributed by atoms with Crippen molar-refractivity contribution >= 4 is 9.84 Å². The van der Waals surface area contributed by atoms with Crippen LogP contribution in [0.2, 0.25) is 0 Å². The molecule has 0 amide bonds. The molecule has 0 aromatic heterocycles. The molecule has 0 aliphatic heterocycles. The summed E-state index contributed by atoms with van der Waals surface area (Å²) in [6, 6.07) is 0.0920. The van der Waals surface area contributed by atoms with Crippen LogP contribution in [0.5, 0.6) is 0 Å². The SMILES string of the molecule is CCS(=O)(=O)CCN(C)CC(C)N. The minimum atomic E-state index is -2.83. The van der Waals surface area contributed by atoms with E-state index in [9.17, 15) is 8.42 Å². The summed E-state index contributed by atoms with van der Waals surface area (Å²) in [4.78, 5) is 1.94. The zero-order valence-corrected chi connectivity index (χ0v) is 9.47. The summed E-state index contributed by atoms with van der Waals surface area (Å²) in [6.07, 6.45) is 0. The van der Waals surface area contributed by atoms with Crippen molar-refractivity contribution in [1.82, 2.24) is 4.90 Å². The summed E-state index contributed by atoms with van der Waals surface area (Å²) in [6.45, 7) is 4.88. The molecule has 0 aliphatic rings. The average Bonchev–Trinajstić information content (AvgIpc) is 2.00. The first-order valence-electron chi connectivity index (χ1n) is 4.52. The van der Waals surface area contributed by atoms with Gasteiger partial charge >= 0.3 is 0 Å². The first kappa shape index (κ1) is 12.9. The largest absolute Gasteiger partial charge is 0.327 e. The molecule has 0 bridgehead atoms. The Labute approximate surface area is 81.0 Å². The Morgan fingerprint density at radius 3 is 2.38 bits per heavy atom. The zero-order chi connectivity index (χ0) is 10.5. The van der Waals surface area contributed by atoms with Gasteiger partial charge in [-0.25, -0.2) is 8.42 Å². The highest BCUT2D eigenvalue weighted by molar-refractivity contribution is 7.91. The van der Waals surface area contributed by atoms with Gasteiger partial charge in [-0.3, -0.25) is 0 Å². The molecule has 80 valence electrons. The van der Waals surface area contributed by atoms with Crippen molar-refractivity contribution in [2.45, 2.75) is 19.9 Å². The van der Waals surface area contributed by atoms with Crippen molar-refractivity contribution in [1.29, 1.82) is 0 Å². The highest BCUT2D eigenvalue weighted by atomic mass is 32.2. The lowest BCUT2D eigenvalue weighted by molar-refractivity contribution is 0.334. The first-order chi connectivity index (χ1) is 5.87. The molecule has 1 atom stereocenters. The van der Waals surface area contributed by atoms with Gasteiger partial charge in [-0.1, -0.05) is 6.92 Å². The monoisotopic (exact) mass is 208 g/mol. The van der Waals surface area contributed by atoms with Crippen LogP contribution in [-0.2, 0) is 9.84 Å². The molecular formula is C8H20N2O2S. The maximum atomic E-state index is 11.1. The topological polar surface area (TPSA) is 63.4 Å². The van der Waals surface area contributed by atoms with E-state index in [4.69, 9.17) is 5.73 Å². The van der Waals surface area contributed by atoms with E-state index in [0.717, 1.165) is 6.54 Å². The lowest BCUT2D eigenvalue weighted by Gasteiger charge is -2.18. The van der Waals surface area contributed by atoms with E-state index in [2.05, 4.69) is 0 Å². The number of rotatable bonds is 6. The molecule has 4 nitrogen and oxygen atoms in total. The minimum absolute atomic E-state index is 0.0920. The quantitative estimate of drug-likeness (QED) is 0.651. The molecule has 0 spiro atoms. The molecule has 2 N–H and O–H groups in total. The molecule has 13 heavy (non-hydrogen) atoms. The van der Waals surface area contributed by atoms with E-state index in [1.807, 2.05) is 18.9 Å². The molecule has 0 saturated carbocycles. The number of hydrogen-bond acceptors (Lipinski definition) is 4. The van der Waals surface area contributed by atoms with Crippen molar-refractivity contribution in [2.75, 3.05) is 31.6 Å². The van der Waals surface area contributed by atoms with Crippen LogP contribution in [0.4, 0.5) is 0 Å². The maximum absolute atomic E-state index is 11.1. The van der Waals surface area contributed by atoms with Crippen LogP contribution in [-0.4, -0.2) is 51.0 Å². The number of nitrogens with two attached hydrogens (primary N) is 1. The maximum Gasteiger partial charge on any atom is 0.151 e. The van der Waals surface area contributed by atoms with Gasteiger partial charge in [0, 0.05) is 24.9 Å². The minimum Gasteiger partial charge on any atom is -0.327 e.